The van der Waals surface area contributed by atoms with Crippen LogP contribution in [0.2, 0.25) is 5.02 Å². The van der Waals surface area contributed by atoms with Gasteiger partial charge in [0, 0.05) is 19.9 Å². The molecule has 0 aliphatic rings. The molecule has 0 aliphatic carbocycles. The van der Waals surface area contributed by atoms with Crippen LogP contribution in [0, 0.1) is 0 Å². The first-order valence-corrected chi connectivity index (χ1v) is 8.45. The van der Waals surface area contributed by atoms with Crippen LogP contribution in [0.1, 0.15) is 6.42 Å². The lowest BCUT2D eigenvalue weighted by Gasteiger charge is -2.09. The fourth-order valence-corrected chi connectivity index (χ4v) is 2.36. The van der Waals surface area contributed by atoms with Crippen LogP contribution in [0.5, 0.6) is 0 Å². The second kappa shape index (κ2) is 7.61. The molecule has 0 unspecified atom stereocenters. The van der Waals surface area contributed by atoms with Crippen molar-refractivity contribution in [1.29, 1.82) is 0 Å². The summed E-state index contributed by atoms with van der Waals surface area (Å²) in [7, 11) is -1.45. The van der Waals surface area contributed by atoms with Crippen molar-refractivity contribution in [2.75, 3.05) is 37.6 Å². The molecule has 0 saturated heterocycles. The lowest BCUT2D eigenvalue weighted by atomic mass is 10.4. The van der Waals surface area contributed by atoms with E-state index in [0.29, 0.717) is 31.8 Å². The minimum Gasteiger partial charge on any atom is -0.383 e. The van der Waals surface area contributed by atoms with Crippen molar-refractivity contribution in [1.82, 2.24) is 9.78 Å². The Labute approximate surface area is 122 Å². The van der Waals surface area contributed by atoms with Gasteiger partial charge in [-0.25, -0.2) is 13.1 Å². The Bertz CT molecular complexity index is 600. The monoisotopic (exact) mass is 323 g/mol. The Morgan fingerprint density at radius 2 is 2.20 bits per heavy atom. The summed E-state index contributed by atoms with van der Waals surface area (Å²) in [4.78, 5) is 11.9. The summed E-state index contributed by atoms with van der Waals surface area (Å²) < 4.78 is 28.0. The number of rotatable bonds is 8. The molecule has 0 spiro atoms. The van der Waals surface area contributed by atoms with E-state index in [0.717, 1.165) is 0 Å². The Morgan fingerprint density at radius 3 is 2.80 bits per heavy atom. The number of methoxy groups -OCH3 is 1. The lowest BCUT2D eigenvalue weighted by Crippen LogP contribution is -2.26. The molecule has 0 bridgehead atoms. The van der Waals surface area contributed by atoms with Gasteiger partial charge >= 0.3 is 0 Å². The number of hydrogen-bond donors (Lipinski definition) is 1. The van der Waals surface area contributed by atoms with Gasteiger partial charge in [-0.05, 0) is 6.42 Å². The first kappa shape index (κ1) is 16.9. The minimum atomic E-state index is -2.98. The number of hydrogen-bond acceptors (Lipinski definition) is 6. The van der Waals surface area contributed by atoms with E-state index in [2.05, 4.69) is 10.4 Å². The molecule has 0 saturated carbocycles. The topological polar surface area (TPSA) is 90.3 Å². The van der Waals surface area contributed by atoms with Crippen LogP contribution in [0.15, 0.2) is 11.0 Å². The largest absolute Gasteiger partial charge is 0.383 e. The smallest absolute Gasteiger partial charge is 0.287 e. The Kier molecular flexibility index (Phi) is 6.44. The van der Waals surface area contributed by atoms with E-state index in [1.807, 2.05) is 0 Å². The minimum absolute atomic E-state index is 0.0375. The molecular formula is C11H18ClN3O4S. The molecule has 0 aliphatic heterocycles. The van der Waals surface area contributed by atoms with Gasteiger partial charge in [0.1, 0.15) is 14.9 Å². The van der Waals surface area contributed by atoms with Crippen LogP contribution in [-0.4, -0.2) is 50.5 Å². The molecule has 0 aromatic carbocycles. The zero-order chi connectivity index (χ0) is 15.2. The summed E-state index contributed by atoms with van der Waals surface area (Å²) in [5.41, 5.74) is -0.00401. The lowest BCUT2D eigenvalue weighted by molar-refractivity contribution is 0.182. The van der Waals surface area contributed by atoms with Crippen molar-refractivity contribution in [2.45, 2.75) is 13.0 Å². The highest BCUT2D eigenvalue weighted by atomic mass is 35.5. The van der Waals surface area contributed by atoms with Crippen LogP contribution in [-0.2, 0) is 21.1 Å². The van der Waals surface area contributed by atoms with E-state index in [1.54, 1.807) is 0 Å². The average Bonchev–Trinajstić information content (AvgIpc) is 2.37. The summed E-state index contributed by atoms with van der Waals surface area (Å²) >= 11 is 5.95. The predicted molar refractivity (Wildman–Crippen MR) is 78.2 cm³/mol. The quantitative estimate of drug-likeness (QED) is 0.696. The van der Waals surface area contributed by atoms with Gasteiger partial charge in [-0.15, -0.1) is 0 Å². The van der Waals surface area contributed by atoms with Crippen LogP contribution < -0.4 is 10.9 Å². The highest BCUT2D eigenvalue weighted by Gasteiger charge is 2.09. The van der Waals surface area contributed by atoms with E-state index < -0.39 is 15.4 Å². The fraction of sp³-hybridized carbons (Fsp3) is 0.636. The van der Waals surface area contributed by atoms with Crippen molar-refractivity contribution in [3.8, 4) is 0 Å². The third kappa shape index (κ3) is 5.48. The molecule has 0 atom stereocenters. The average molecular weight is 324 g/mol. The summed E-state index contributed by atoms with van der Waals surface area (Å²) in [6.45, 7) is 1.09. The van der Waals surface area contributed by atoms with Gasteiger partial charge in [0.25, 0.3) is 5.56 Å². The molecular weight excluding hydrogens is 306 g/mol. The molecule has 0 amide bonds. The van der Waals surface area contributed by atoms with Gasteiger partial charge in [0.2, 0.25) is 0 Å². The summed E-state index contributed by atoms with van der Waals surface area (Å²) in [5.74, 6) is 0.0793. The van der Waals surface area contributed by atoms with Gasteiger partial charge < -0.3 is 10.1 Å². The van der Waals surface area contributed by atoms with Gasteiger partial charge in [0.05, 0.1) is 30.8 Å². The third-order valence-electron chi connectivity index (χ3n) is 2.50. The zero-order valence-electron chi connectivity index (χ0n) is 11.4. The van der Waals surface area contributed by atoms with E-state index in [9.17, 15) is 13.2 Å². The van der Waals surface area contributed by atoms with E-state index >= 15 is 0 Å². The van der Waals surface area contributed by atoms with Crippen LogP contribution in [0.3, 0.4) is 0 Å². The van der Waals surface area contributed by atoms with Gasteiger partial charge in [-0.3, -0.25) is 4.79 Å². The number of sulfone groups is 1. The summed E-state index contributed by atoms with van der Waals surface area (Å²) in [6, 6.07) is 0. The number of anilines is 1. The van der Waals surface area contributed by atoms with Crippen molar-refractivity contribution in [3.05, 3.63) is 21.6 Å². The molecule has 7 nitrogen and oxygen atoms in total. The number of nitrogens with zero attached hydrogens (tertiary/aromatic N) is 2. The molecule has 1 N–H and O–H groups in total. The Balaban J connectivity index is 2.64. The highest BCUT2D eigenvalue weighted by Crippen LogP contribution is 2.14. The van der Waals surface area contributed by atoms with Gasteiger partial charge in [-0.2, -0.15) is 5.10 Å². The van der Waals surface area contributed by atoms with E-state index in [4.69, 9.17) is 16.3 Å². The maximum absolute atomic E-state index is 11.9. The van der Waals surface area contributed by atoms with Crippen LogP contribution in [0.4, 0.5) is 5.69 Å². The normalized spacial score (nSPS) is 11.6. The van der Waals surface area contributed by atoms with Crippen molar-refractivity contribution >= 4 is 27.1 Å². The van der Waals surface area contributed by atoms with Crippen molar-refractivity contribution < 1.29 is 13.2 Å². The third-order valence-corrected chi connectivity index (χ3v) is 3.89. The molecule has 1 aromatic heterocycles. The standard InChI is InChI=1S/C11H18ClN3O4S/c1-19-6-5-15-11(16)10(12)9(8-14-15)13-4-3-7-20(2,17)18/h8,13H,3-7H2,1-2H3. The predicted octanol–water partition coefficient (Wildman–Crippen LogP) is 0.390. The first-order chi connectivity index (χ1) is 9.35. The molecule has 0 fully saturated rings. The SMILES string of the molecule is COCCn1ncc(NCCCS(C)(=O)=O)c(Cl)c1=O. The zero-order valence-corrected chi connectivity index (χ0v) is 13.0. The van der Waals surface area contributed by atoms with Crippen LogP contribution in [0.25, 0.3) is 0 Å². The molecule has 0 radical (unpaired) electrons. The number of aromatic nitrogens is 2. The number of nitrogens with one attached hydrogen (secondary N) is 1. The van der Waals surface area contributed by atoms with Crippen molar-refractivity contribution in [2.24, 2.45) is 0 Å². The molecule has 20 heavy (non-hydrogen) atoms. The van der Waals surface area contributed by atoms with Gasteiger partial charge in [0.15, 0.2) is 0 Å². The molecule has 1 heterocycles. The highest BCUT2D eigenvalue weighted by molar-refractivity contribution is 7.90. The second-order valence-electron chi connectivity index (χ2n) is 4.30. The summed E-state index contributed by atoms with van der Waals surface area (Å²) in [5, 5.41) is 6.91. The number of ether oxygens (including phenoxy) is 1. The first-order valence-electron chi connectivity index (χ1n) is 6.01. The van der Waals surface area contributed by atoms with E-state index in [1.165, 1.54) is 24.2 Å². The van der Waals surface area contributed by atoms with E-state index in [-0.39, 0.29) is 10.8 Å². The molecule has 1 rings (SSSR count). The molecule has 114 valence electrons. The Hall–Kier alpha value is -1.12. The molecule has 9 heteroatoms. The maximum atomic E-state index is 11.9. The summed E-state index contributed by atoms with van der Waals surface area (Å²) in [6.07, 6.45) is 3.06. The maximum Gasteiger partial charge on any atom is 0.287 e. The Morgan fingerprint density at radius 1 is 1.50 bits per heavy atom. The number of halogens is 1. The second-order valence-corrected chi connectivity index (χ2v) is 6.94. The van der Waals surface area contributed by atoms with Crippen LogP contribution >= 0.6 is 11.6 Å². The van der Waals surface area contributed by atoms with Gasteiger partial charge in [-0.1, -0.05) is 11.6 Å². The molecule has 1 aromatic rings. The fourth-order valence-electron chi connectivity index (χ4n) is 1.48. The van der Waals surface area contributed by atoms with Crippen molar-refractivity contribution in [3.63, 3.8) is 0 Å².